The van der Waals surface area contributed by atoms with Crippen molar-refractivity contribution in [1.29, 1.82) is 0 Å². The van der Waals surface area contributed by atoms with Gasteiger partial charge in [-0.25, -0.2) is 4.39 Å². The number of amides is 1. The molecule has 1 aliphatic heterocycles. The Hall–Kier alpha value is -1.96. The summed E-state index contributed by atoms with van der Waals surface area (Å²) < 4.78 is 20.0. The summed E-state index contributed by atoms with van der Waals surface area (Å²) in [6.45, 7) is 4.61. The maximum absolute atomic E-state index is 14.1. The van der Waals surface area contributed by atoms with Crippen molar-refractivity contribution in [1.82, 2.24) is 4.90 Å². The maximum Gasteiger partial charge on any atom is 0.253 e. The Morgan fingerprint density at radius 1 is 1.23 bits per heavy atom. The molecule has 0 unspecified atom stereocenters. The number of carbonyl (C=O) groups excluding carboxylic acids is 1. The van der Waals surface area contributed by atoms with Gasteiger partial charge < -0.3 is 15.8 Å². The molecule has 2 aromatic rings. The van der Waals surface area contributed by atoms with Crippen molar-refractivity contribution in [3.63, 3.8) is 0 Å². The summed E-state index contributed by atoms with van der Waals surface area (Å²) >= 11 is 3.25. The van der Waals surface area contributed by atoms with Crippen LogP contribution in [0.5, 0.6) is 0 Å². The summed E-state index contributed by atoms with van der Waals surface area (Å²) in [5.41, 5.74) is 7.87. The number of hydrogen-bond donors (Lipinski definition) is 2. The van der Waals surface area contributed by atoms with E-state index in [9.17, 15) is 9.18 Å². The Morgan fingerprint density at radius 2 is 1.92 bits per heavy atom. The number of anilines is 1. The molecule has 3 rings (SSSR count). The van der Waals surface area contributed by atoms with Crippen LogP contribution in [0.2, 0.25) is 0 Å². The molecule has 2 aromatic carbocycles. The highest BCUT2D eigenvalue weighted by molar-refractivity contribution is 9.10. The second-order valence-corrected chi connectivity index (χ2v) is 7.10. The number of halogens is 2. The van der Waals surface area contributed by atoms with E-state index in [1.165, 1.54) is 11.6 Å². The zero-order valence-corrected chi connectivity index (χ0v) is 15.9. The van der Waals surface area contributed by atoms with E-state index in [2.05, 4.69) is 32.2 Å². The van der Waals surface area contributed by atoms with Crippen LogP contribution in [0.4, 0.5) is 10.1 Å². The molecule has 0 aliphatic carbocycles. The second-order valence-electron chi connectivity index (χ2n) is 6.19. The fourth-order valence-electron chi connectivity index (χ4n) is 3.04. The molecule has 138 valence electrons. The minimum atomic E-state index is -0.792. The zero-order valence-electron chi connectivity index (χ0n) is 14.3. The molecule has 0 spiro atoms. The first-order chi connectivity index (χ1) is 12.5. The predicted molar refractivity (Wildman–Crippen MR) is 102 cm³/mol. The molecule has 0 radical (unpaired) electrons. The minimum Gasteiger partial charge on any atom is -0.380 e. The molecular formula is C19H21BrFN3O2. The van der Waals surface area contributed by atoms with Crippen LogP contribution in [-0.2, 0) is 17.8 Å². The maximum atomic E-state index is 14.1. The second kappa shape index (κ2) is 8.62. The zero-order chi connectivity index (χ0) is 18.5. The molecule has 0 bridgehead atoms. The van der Waals surface area contributed by atoms with Crippen molar-refractivity contribution in [2.24, 2.45) is 5.73 Å². The first kappa shape index (κ1) is 18.8. The van der Waals surface area contributed by atoms with Crippen molar-refractivity contribution in [3.05, 3.63) is 63.4 Å². The van der Waals surface area contributed by atoms with Crippen LogP contribution in [0.3, 0.4) is 0 Å². The highest BCUT2D eigenvalue weighted by Gasteiger charge is 2.16. The molecule has 1 saturated heterocycles. The number of nitrogens with two attached hydrogens (primary N) is 1. The number of rotatable bonds is 6. The van der Waals surface area contributed by atoms with Crippen LogP contribution in [0.25, 0.3) is 0 Å². The number of ether oxygens (including phenoxy) is 1. The topological polar surface area (TPSA) is 67.6 Å². The van der Waals surface area contributed by atoms with Crippen molar-refractivity contribution >= 4 is 27.5 Å². The van der Waals surface area contributed by atoms with Gasteiger partial charge in [0.1, 0.15) is 5.82 Å². The van der Waals surface area contributed by atoms with E-state index < -0.39 is 11.7 Å². The Morgan fingerprint density at radius 3 is 2.62 bits per heavy atom. The van der Waals surface area contributed by atoms with Gasteiger partial charge in [0, 0.05) is 30.7 Å². The van der Waals surface area contributed by atoms with Gasteiger partial charge in [0.2, 0.25) is 0 Å². The summed E-state index contributed by atoms with van der Waals surface area (Å²) in [6, 6.07) is 11.0. The van der Waals surface area contributed by atoms with Gasteiger partial charge in [0.25, 0.3) is 5.91 Å². The van der Waals surface area contributed by atoms with E-state index in [1.807, 2.05) is 18.2 Å². The SMILES string of the molecule is NC(=O)c1c(F)cc(Br)cc1NCc1ccccc1CN1CCOCC1. The van der Waals surface area contributed by atoms with Gasteiger partial charge >= 0.3 is 0 Å². The molecule has 1 fully saturated rings. The van der Waals surface area contributed by atoms with Crippen molar-refractivity contribution in [3.8, 4) is 0 Å². The molecule has 1 heterocycles. The Kier molecular flexibility index (Phi) is 6.24. The van der Waals surface area contributed by atoms with Crippen molar-refractivity contribution < 1.29 is 13.9 Å². The van der Waals surface area contributed by atoms with Gasteiger partial charge in [-0.2, -0.15) is 0 Å². The van der Waals surface area contributed by atoms with Gasteiger partial charge in [-0.15, -0.1) is 0 Å². The van der Waals surface area contributed by atoms with E-state index >= 15 is 0 Å². The van der Waals surface area contributed by atoms with Gasteiger partial charge in [0.15, 0.2) is 0 Å². The lowest BCUT2D eigenvalue weighted by Gasteiger charge is -2.27. The average molecular weight is 422 g/mol. The standard InChI is InChI=1S/C19H21BrFN3O2/c20-15-9-16(21)18(19(22)25)17(10-15)23-11-13-3-1-2-4-14(13)12-24-5-7-26-8-6-24/h1-4,9-10,23H,5-8,11-12H2,(H2,22,25). The number of benzene rings is 2. The molecule has 0 aromatic heterocycles. The summed E-state index contributed by atoms with van der Waals surface area (Å²) in [6.07, 6.45) is 0. The quantitative estimate of drug-likeness (QED) is 0.751. The average Bonchev–Trinajstić information content (AvgIpc) is 2.61. The fourth-order valence-corrected chi connectivity index (χ4v) is 3.47. The van der Waals surface area contributed by atoms with Crippen LogP contribution in [0.15, 0.2) is 40.9 Å². The third-order valence-corrected chi connectivity index (χ3v) is 4.84. The van der Waals surface area contributed by atoms with Crippen LogP contribution in [-0.4, -0.2) is 37.1 Å². The number of primary amides is 1. The fraction of sp³-hybridized carbons (Fsp3) is 0.316. The van der Waals surface area contributed by atoms with Gasteiger partial charge in [0.05, 0.1) is 24.5 Å². The van der Waals surface area contributed by atoms with Crippen LogP contribution >= 0.6 is 15.9 Å². The third-order valence-electron chi connectivity index (χ3n) is 4.39. The van der Waals surface area contributed by atoms with Crippen molar-refractivity contribution in [2.75, 3.05) is 31.6 Å². The number of carbonyl (C=O) groups is 1. The van der Waals surface area contributed by atoms with Crippen LogP contribution < -0.4 is 11.1 Å². The predicted octanol–water partition coefficient (Wildman–Crippen LogP) is 3.13. The molecule has 26 heavy (non-hydrogen) atoms. The summed E-state index contributed by atoms with van der Waals surface area (Å²) in [4.78, 5) is 13.9. The Balaban J connectivity index is 1.77. The summed E-state index contributed by atoms with van der Waals surface area (Å²) in [5.74, 6) is -1.44. The Labute approximate surface area is 160 Å². The molecule has 0 atom stereocenters. The van der Waals surface area contributed by atoms with E-state index in [1.54, 1.807) is 6.07 Å². The van der Waals surface area contributed by atoms with Gasteiger partial charge in [-0.3, -0.25) is 9.69 Å². The van der Waals surface area contributed by atoms with E-state index in [-0.39, 0.29) is 5.56 Å². The molecule has 1 amide bonds. The van der Waals surface area contributed by atoms with Gasteiger partial charge in [-0.1, -0.05) is 40.2 Å². The number of morpholine rings is 1. The smallest absolute Gasteiger partial charge is 0.253 e. The number of nitrogens with zero attached hydrogens (tertiary/aromatic N) is 1. The van der Waals surface area contributed by atoms with Crippen LogP contribution in [0.1, 0.15) is 21.5 Å². The highest BCUT2D eigenvalue weighted by atomic mass is 79.9. The molecular weight excluding hydrogens is 401 g/mol. The van der Waals surface area contributed by atoms with Crippen molar-refractivity contribution in [2.45, 2.75) is 13.1 Å². The van der Waals surface area contributed by atoms with Gasteiger partial charge in [-0.05, 0) is 23.3 Å². The lowest BCUT2D eigenvalue weighted by atomic mass is 10.1. The lowest BCUT2D eigenvalue weighted by Crippen LogP contribution is -2.35. The molecule has 0 saturated carbocycles. The summed E-state index contributed by atoms with van der Waals surface area (Å²) in [7, 11) is 0. The minimum absolute atomic E-state index is 0.126. The lowest BCUT2D eigenvalue weighted by molar-refractivity contribution is 0.0341. The Bertz CT molecular complexity index is 794. The molecule has 3 N–H and O–H groups in total. The number of nitrogens with one attached hydrogen (secondary N) is 1. The molecule has 7 heteroatoms. The molecule has 1 aliphatic rings. The monoisotopic (exact) mass is 421 g/mol. The van der Waals surface area contributed by atoms with Crippen LogP contribution in [0, 0.1) is 5.82 Å². The number of hydrogen-bond acceptors (Lipinski definition) is 4. The van der Waals surface area contributed by atoms with E-state index in [4.69, 9.17) is 10.5 Å². The normalized spacial score (nSPS) is 15.0. The third kappa shape index (κ3) is 4.60. The molecule has 5 nitrogen and oxygen atoms in total. The van der Waals surface area contributed by atoms with E-state index in [0.717, 1.165) is 38.4 Å². The summed E-state index contributed by atoms with van der Waals surface area (Å²) in [5, 5.41) is 3.16. The largest absolute Gasteiger partial charge is 0.380 e. The van der Waals surface area contributed by atoms with E-state index in [0.29, 0.717) is 16.7 Å². The first-order valence-electron chi connectivity index (χ1n) is 8.44. The highest BCUT2D eigenvalue weighted by Crippen LogP contribution is 2.25. The first-order valence-corrected chi connectivity index (χ1v) is 9.23.